The first-order valence-electron chi connectivity index (χ1n) is 10.4. The van der Waals surface area contributed by atoms with Gasteiger partial charge in [0.25, 0.3) is 11.5 Å². The van der Waals surface area contributed by atoms with Crippen LogP contribution >= 0.6 is 22.6 Å². The van der Waals surface area contributed by atoms with Crippen LogP contribution in [-0.4, -0.2) is 31.7 Å². The predicted molar refractivity (Wildman–Crippen MR) is 142 cm³/mol. The summed E-state index contributed by atoms with van der Waals surface area (Å²) in [6, 6.07) is 10.4. The molecule has 1 amide bonds. The summed E-state index contributed by atoms with van der Waals surface area (Å²) in [5.41, 5.74) is 0.267. The Hall–Kier alpha value is -3.13. The fourth-order valence-electron chi connectivity index (χ4n) is 3.16. The molecule has 3 N–H and O–H groups in total. The van der Waals surface area contributed by atoms with E-state index >= 15 is 0 Å². The molecule has 0 saturated heterocycles. The fraction of sp³-hybridized carbons (Fsp3) is 0.217. The van der Waals surface area contributed by atoms with Crippen molar-refractivity contribution in [1.29, 1.82) is 0 Å². The van der Waals surface area contributed by atoms with E-state index in [4.69, 9.17) is 4.74 Å². The molecule has 35 heavy (non-hydrogen) atoms. The van der Waals surface area contributed by atoms with Gasteiger partial charge in [0.2, 0.25) is 10.0 Å². The maximum atomic E-state index is 14.5. The van der Waals surface area contributed by atoms with Gasteiger partial charge < -0.3 is 15.4 Å². The molecule has 0 radical (unpaired) electrons. The first-order valence-corrected chi connectivity index (χ1v) is 13.2. The highest BCUT2D eigenvalue weighted by molar-refractivity contribution is 14.1. The summed E-state index contributed by atoms with van der Waals surface area (Å²) in [6.45, 7) is 3.15. The Kier molecular flexibility index (Phi) is 8.05. The van der Waals surface area contributed by atoms with Gasteiger partial charge in [0, 0.05) is 29.3 Å². The number of sulfonamides is 1. The number of nitrogens with zero attached hydrogens (tertiary/aromatic N) is 1. The van der Waals surface area contributed by atoms with Crippen LogP contribution in [0.1, 0.15) is 22.8 Å². The molecular formula is C23H24FIN4O5S. The van der Waals surface area contributed by atoms with E-state index in [1.165, 1.54) is 37.7 Å². The lowest BCUT2D eigenvalue weighted by molar-refractivity contribution is 0.0961. The molecule has 0 aliphatic heterocycles. The van der Waals surface area contributed by atoms with E-state index in [9.17, 15) is 22.4 Å². The molecule has 12 heteroatoms. The second-order valence-electron chi connectivity index (χ2n) is 7.49. The van der Waals surface area contributed by atoms with Crippen LogP contribution in [0, 0.1) is 16.3 Å². The number of carbonyl (C=O) groups is 1. The SMILES string of the molecule is CCS(=O)(=O)Nc1cccc(Oc2cc(=O)n(C)c(Nc3ccc(I)cc3F)c2C(=O)NC)c1C. The van der Waals surface area contributed by atoms with Gasteiger partial charge in [0.05, 0.1) is 17.1 Å². The molecule has 3 rings (SSSR count). The zero-order valence-corrected chi connectivity index (χ0v) is 22.4. The Morgan fingerprint density at radius 2 is 1.86 bits per heavy atom. The summed E-state index contributed by atoms with van der Waals surface area (Å²) in [4.78, 5) is 25.6. The van der Waals surface area contributed by atoms with Crippen LogP contribution in [0.5, 0.6) is 11.5 Å². The summed E-state index contributed by atoms with van der Waals surface area (Å²) in [6.07, 6.45) is 0. The molecule has 9 nitrogen and oxygen atoms in total. The molecule has 0 aliphatic rings. The Morgan fingerprint density at radius 1 is 1.14 bits per heavy atom. The smallest absolute Gasteiger partial charge is 0.258 e. The number of rotatable bonds is 8. The lowest BCUT2D eigenvalue weighted by Crippen LogP contribution is -2.27. The van der Waals surface area contributed by atoms with Crippen molar-refractivity contribution in [3.63, 3.8) is 0 Å². The van der Waals surface area contributed by atoms with Crippen LogP contribution < -0.4 is 25.7 Å². The number of benzene rings is 2. The standard InChI is InChI=1S/C23H24FIN4O5S/c1-5-35(32,33)28-16-7-6-8-18(13(16)2)34-19-12-20(30)29(4)22(21(19)23(31)26-3)27-17-10-9-14(25)11-15(17)24/h6-12,27-28H,5H2,1-4H3,(H,26,31). The van der Waals surface area contributed by atoms with E-state index in [1.54, 1.807) is 31.2 Å². The minimum absolute atomic E-state index is 0.0208. The number of hydrogen-bond acceptors (Lipinski definition) is 6. The number of ether oxygens (including phenoxy) is 1. The molecule has 0 fully saturated rings. The third kappa shape index (κ3) is 5.93. The van der Waals surface area contributed by atoms with E-state index in [2.05, 4.69) is 15.4 Å². The largest absolute Gasteiger partial charge is 0.456 e. The molecule has 0 bridgehead atoms. The predicted octanol–water partition coefficient (Wildman–Crippen LogP) is 4.09. The highest BCUT2D eigenvalue weighted by Crippen LogP contribution is 2.35. The summed E-state index contributed by atoms with van der Waals surface area (Å²) in [5, 5.41) is 5.34. The number of hydrogen-bond donors (Lipinski definition) is 3. The molecule has 2 aromatic carbocycles. The average Bonchev–Trinajstić information content (AvgIpc) is 2.80. The molecule has 3 aromatic rings. The van der Waals surface area contributed by atoms with Gasteiger partial charge in [-0.1, -0.05) is 6.07 Å². The van der Waals surface area contributed by atoms with Gasteiger partial charge in [-0.05, 0) is 66.8 Å². The van der Waals surface area contributed by atoms with Crippen molar-refractivity contribution in [1.82, 2.24) is 9.88 Å². The third-order valence-corrected chi connectivity index (χ3v) is 7.15. The maximum Gasteiger partial charge on any atom is 0.258 e. The Bertz CT molecular complexity index is 1460. The summed E-state index contributed by atoms with van der Waals surface area (Å²) in [5.74, 6) is -1.09. The minimum Gasteiger partial charge on any atom is -0.456 e. The molecule has 0 spiro atoms. The van der Waals surface area contributed by atoms with Crippen molar-refractivity contribution < 1.29 is 22.3 Å². The van der Waals surface area contributed by atoms with Crippen molar-refractivity contribution in [2.75, 3.05) is 22.8 Å². The zero-order chi connectivity index (χ0) is 25.9. The first kappa shape index (κ1) is 26.5. The van der Waals surface area contributed by atoms with Gasteiger partial charge in [-0.2, -0.15) is 0 Å². The maximum absolute atomic E-state index is 14.5. The molecule has 186 valence electrons. The van der Waals surface area contributed by atoms with Gasteiger partial charge in [-0.25, -0.2) is 12.8 Å². The van der Waals surface area contributed by atoms with Crippen LogP contribution in [0.2, 0.25) is 0 Å². The van der Waals surface area contributed by atoms with Crippen LogP contribution in [0.4, 0.5) is 21.6 Å². The number of halogens is 2. The molecule has 0 unspecified atom stereocenters. The van der Waals surface area contributed by atoms with Gasteiger partial charge >= 0.3 is 0 Å². The minimum atomic E-state index is -3.54. The number of nitrogens with one attached hydrogen (secondary N) is 3. The highest BCUT2D eigenvalue weighted by Gasteiger charge is 2.23. The Balaban J connectivity index is 2.15. The van der Waals surface area contributed by atoms with Crippen LogP contribution in [0.25, 0.3) is 0 Å². The molecule has 0 aliphatic carbocycles. The number of aromatic nitrogens is 1. The summed E-state index contributed by atoms with van der Waals surface area (Å²) < 4.78 is 48.9. The van der Waals surface area contributed by atoms with E-state index in [0.29, 0.717) is 14.8 Å². The third-order valence-electron chi connectivity index (χ3n) is 5.19. The summed E-state index contributed by atoms with van der Waals surface area (Å²) in [7, 11) is -0.684. The molecule has 1 aromatic heterocycles. The van der Waals surface area contributed by atoms with Crippen LogP contribution in [0.15, 0.2) is 47.3 Å². The van der Waals surface area contributed by atoms with Crippen molar-refractivity contribution in [2.45, 2.75) is 13.8 Å². The van der Waals surface area contributed by atoms with Crippen molar-refractivity contribution in [3.05, 3.63) is 73.3 Å². The number of carbonyl (C=O) groups excluding carboxylic acids is 1. The number of pyridine rings is 1. The summed E-state index contributed by atoms with van der Waals surface area (Å²) >= 11 is 1.97. The van der Waals surface area contributed by atoms with Crippen molar-refractivity contribution >= 4 is 55.7 Å². The monoisotopic (exact) mass is 614 g/mol. The van der Waals surface area contributed by atoms with E-state index in [-0.39, 0.29) is 34.3 Å². The van der Waals surface area contributed by atoms with Gasteiger partial charge in [0.15, 0.2) is 0 Å². The van der Waals surface area contributed by atoms with E-state index < -0.39 is 27.3 Å². The van der Waals surface area contributed by atoms with E-state index in [0.717, 1.165) is 6.07 Å². The van der Waals surface area contributed by atoms with Gasteiger partial charge in [-0.15, -0.1) is 0 Å². The quantitative estimate of drug-likeness (QED) is 0.329. The van der Waals surface area contributed by atoms with Crippen molar-refractivity contribution in [2.24, 2.45) is 7.05 Å². The Morgan fingerprint density at radius 3 is 2.49 bits per heavy atom. The van der Waals surface area contributed by atoms with E-state index in [1.807, 2.05) is 22.6 Å². The molecule has 0 saturated carbocycles. The van der Waals surface area contributed by atoms with Gasteiger partial charge in [0.1, 0.15) is 28.7 Å². The normalized spacial score (nSPS) is 11.1. The highest BCUT2D eigenvalue weighted by atomic mass is 127. The van der Waals surface area contributed by atoms with Gasteiger partial charge in [-0.3, -0.25) is 18.9 Å². The molecular weight excluding hydrogens is 590 g/mol. The Labute approximate surface area is 215 Å². The van der Waals surface area contributed by atoms with Crippen LogP contribution in [-0.2, 0) is 17.1 Å². The first-order chi connectivity index (χ1) is 16.5. The fourth-order valence-corrected chi connectivity index (χ4v) is 4.31. The second kappa shape index (κ2) is 10.6. The number of amides is 1. The average molecular weight is 614 g/mol. The molecule has 0 atom stereocenters. The van der Waals surface area contributed by atoms with Crippen LogP contribution in [0.3, 0.4) is 0 Å². The zero-order valence-electron chi connectivity index (χ0n) is 19.4. The number of anilines is 3. The topological polar surface area (TPSA) is 119 Å². The second-order valence-corrected chi connectivity index (χ2v) is 10.8. The lowest BCUT2D eigenvalue weighted by atomic mass is 10.1. The van der Waals surface area contributed by atoms with Crippen molar-refractivity contribution in [3.8, 4) is 11.5 Å². The lowest BCUT2D eigenvalue weighted by Gasteiger charge is -2.20. The molecule has 1 heterocycles.